The maximum Gasteiger partial charge on any atom is 0.233 e. The van der Waals surface area contributed by atoms with E-state index in [0.29, 0.717) is 0 Å². The zero-order valence-corrected chi connectivity index (χ0v) is 7.31. The van der Waals surface area contributed by atoms with Crippen molar-refractivity contribution >= 4 is 11.6 Å². The zero-order chi connectivity index (χ0) is 10.5. The van der Waals surface area contributed by atoms with Gasteiger partial charge in [0.2, 0.25) is 23.1 Å². The number of aromatic nitrogens is 1. The molecule has 0 saturated heterocycles. The van der Waals surface area contributed by atoms with Gasteiger partial charge in [0, 0.05) is 19.4 Å². The Labute approximate surface area is 78.9 Å². The second kappa shape index (κ2) is 2.47. The monoisotopic (exact) mass is 193 g/mol. The molecule has 0 aliphatic heterocycles. The minimum Gasteiger partial charge on any atom is -0.501 e. The highest BCUT2D eigenvalue weighted by molar-refractivity contribution is 6.25. The minimum atomic E-state index is -0.881. The Morgan fingerprint density at radius 2 is 1.36 bits per heavy atom. The van der Waals surface area contributed by atoms with E-state index in [2.05, 4.69) is 0 Å². The van der Waals surface area contributed by atoms with Crippen molar-refractivity contribution in [2.75, 3.05) is 0 Å². The Bertz CT molecular complexity index is 440. The summed E-state index contributed by atoms with van der Waals surface area (Å²) in [5, 5.41) is 18.2. The van der Waals surface area contributed by atoms with Crippen LogP contribution in [0.5, 0.6) is 0 Å². The molecule has 0 bridgehead atoms. The zero-order valence-electron chi connectivity index (χ0n) is 7.31. The van der Waals surface area contributed by atoms with Gasteiger partial charge in [0.15, 0.2) is 0 Å². The lowest BCUT2D eigenvalue weighted by Gasteiger charge is -2.08. The van der Waals surface area contributed by atoms with E-state index in [1.54, 1.807) is 7.05 Å². The summed E-state index contributed by atoms with van der Waals surface area (Å²) in [5.41, 5.74) is 0.237. The van der Waals surface area contributed by atoms with Gasteiger partial charge in [0.1, 0.15) is 0 Å². The second-order valence-electron chi connectivity index (χ2n) is 3.11. The minimum absolute atomic E-state index is 0.118. The van der Waals surface area contributed by atoms with E-state index >= 15 is 0 Å². The van der Waals surface area contributed by atoms with Crippen LogP contribution >= 0.6 is 0 Å². The van der Waals surface area contributed by atoms with E-state index in [0.717, 1.165) is 0 Å². The maximum absolute atomic E-state index is 11.4. The van der Waals surface area contributed by atoms with E-state index in [9.17, 15) is 9.59 Å². The van der Waals surface area contributed by atoms with Crippen LogP contribution in [0.2, 0.25) is 0 Å². The molecule has 14 heavy (non-hydrogen) atoms. The summed E-state index contributed by atoms with van der Waals surface area (Å²) < 4.78 is 1.52. The molecule has 0 spiro atoms. The molecule has 0 aromatic carbocycles. The highest BCUT2D eigenvalue weighted by Crippen LogP contribution is 2.23. The number of Topliss-reactive ketones (excluding diaryl/α,β-unsaturated/α-hetero) is 2. The standard InChI is InChI=1S/C9H7NO4/c1-10-2-4-5(3-10)7(12)9(14)8(13)6(4)11/h2-3,13-14H,1H3. The predicted molar refractivity (Wildman–Crippen MR) is 46.4 cm³/mol. The van der Waals surface area contributed by atoms with Crippen molar-refractivity contribution in [2.24, 2.45) is 7.05 Å². The second-order valence-corrected chi connectivity index (χ2v) is 3.11. The topological polar surface area (TPSA) is 79.5 Å². The Hall–Kier alpha value is -2.04. The van der Waals surface area contributed by atoms with Crippen molar-refractivity contribution in [3.8, 4) is 0 Å². The largest absolute Gasteiger partial charge is 0.501 e. The number of fused-ring (bicyclic) bond motifs is 1. The number of aryl methyl sites for hydroxylation is 1. The number of hydrogen-bond donors (Lipinski definition) is 2. The van der Waals surface area contributed by atoms with Gasteiger partial charge < -0.3 is 14.8 Å². The lowest BCUT2D eigenvalue weighted by molar-refractivity contribution is 0.0882. The van der Waals surface area contributed by atoms with Crippen molar-refractivity contribution < 1.29 is 19.8 Å². The fraction of sp³-hybridized carbons (Fsp3) is 0.111. The fourth-order valence-corrected chi connectivity index (χ4v) is 1.42. The smallest absolute Gasteiger partial charge is 0.233 e. The van der Waals surface area contributed by atoms with Crippen molar-refractivity contribution in [3.63, 3.8) is 0 Å². The van der Waals surface area contributed by atoms with Gasteiger partial charge in [-0.15, -0.1) is 0 Å². The first-order chi connectivity index (χ1) is 6.52. The van der Waals surface area contributed by atoms with Crippen molar-refractivity contribution in [1.29, 1.82) is 0 Å². The third kappa shape index (κ3) is 0.891. The maximum atomic E-state index is 11.4. The molecule has 0 radical (unpaired) electrons. The Balaban J connectivity index is 2.71. The Morgan fingerprint density at radius 3 is 1.71 bits per heavy atom. The van der Waals surface area contributed by atoms with E-state index in [4.69, 9.17) is 10.2 Å². The van der Waals surface area contributed by atoms with Gasteiger partial charge in [0.25, 0.3) is 0 Å². The molecule has 2 N–H and O–H groups in total. The van der Waals surface area contributed by atoms with E-state index in [1.165, 1.54) is 17.0 Å². The van der Waals surface area contributed by atoms with Crippen LogP contribution in [-0.4, -0.2) is 26.3 Å². The predicted octanol–water partition coefficient (Wildman–Crippen LogP) is 0.732. The van der Waals surface area contributed by atoms with E-state index in [1.807, 2.05) is 0 Å². The molecule has 1 aromatic heterocycles. The number of allylic oxidation sites excluding steroid dienone is 2. The number of ketones is 2. The summed E-state index contributed by atoms with van der Waals surface area (Å²) in [6, 6.07) is 0. The van der Waals surface area contributed by atoms with Gasteiger partial charge in [-0.05, 0) is 0 Å². The molecule has 1 aliphatic rings. The SMILES string of the molecule is Cn1cc2c(c1)C(=O)C(O)=C(O)C2=O. The molecule has 1 aliphatic carbocycles. The van der Waals surface area contributed by atoms with Crippen LogP contribution in [-0.2, 0) is 7.05 Å². The van der Waals surface area contributed by atoms with Gasteiger partial charge in [-0.25, -0.2) is 0 Å². The number of rotatable bonds is 0. The van der Waals surface area contributed by atoms with Gasteiger partial charge in [-0.2, -0.15) is 0 Å². The average Bonchev–Trinajstić information content (AvgIpc) is 2.54. The lowest BCUT2D eigenvalue weighted by atomic mass is 9.97. The number of carbonyl (C=O) groups excluding carboxylic acids is 2. The molecule has 1 aromatic rings. The van der Waals surface area contributed by atoms with Gasteiger partial charge in [-0.1, -0.05) is 0 Å². The van der Waals surface area contributed by atoms with Crippen LogP contribution in [0, 0.1) is 0 Å². The molecule has 0 unspecified atom stereocenters. The molecule has 0 atom stereocenters. The molecule has 0 saturated carbocycles. The summed E-state index contributed by atoms with van der Waals surface area (Å²) in [7, 11) is 1.65. The third-order valence-electron chi connectivity index (χ3n) is 2.10. The van der Waals surface area contributed by atoms with Crippen LogP contribution in [0.3, 0.4) is 0 Å². The number of hydrogen-bond acceptors (Lipinski definition) is 4. The van der Waals surface area contributed by atoms with E-state index in [-0.39, 0.29) is 11.1 Å². The van der Waals surface area contributed by atoms with Crippen molar-refractivity contribution in [3.05, 3.63) is 35.0 Å². The summed E-state index contributed by atoms with van der Waals surface area (Å²) in [6.45, 7) is 0. The highest BCUT2D eigenvalue weighted by atomic mass is 16.3. The summed E-state index contributed by atoms with van der Waals surface area (Å²) in [4.78, 5) is 22.7. The van der Waals surface area contributed by atoms with Crippen molar-refractivity contribution in [1.82, 2.24) is 4.57 Å². The molecular weight excluding hydrogens is 186 g/mol. The Kier molecular flexibility index (Phi) is 1.51. The van der Waals surface area contributed by atoms with E-state index < -0.39 is 23.1 Å². The van der Waals surface area contributed by atoms with Crippen LogP contribution in [0.15, 0.2) is 23.9 Å². The number of aliphatic hydroxyl groups excluding tert-OH is 2. The number of nitrogens with zero attached hydrogens (tertiary/aromatic N) is 1. The summed E-state index contributed by atoms with van der Waals surface area (Å²) in [5.74, 6) is -3.21. The van der Waals surface area contributed by atoms with Crippen LogP contribution in [0.4, 0.5) is 0 Å². The third-order valence-corrected chi connectivity index (χ3v) is 2.10. The first-order valence-corrected chi connectivity index (χ1v) is 3.90. The highest BCUT2D eigenvalue weighted by Gasteiger charge is 2.33. The molecular formula is C9H7NO4. The molecule has 0 amide bonds. The van der Waals surface area contributed by atoms with Crippen LogP contribution in [0.25, 0.3) is 0 Å². The van der Waals surface area contributed by atoms with Gasteiger partial charge in [-0.3, -0.25) is 9.59 Å². The fourth-order valence-electron chi connectivity index (χ4n) is 1.42. The first-order valence-electron chi connectivity index (χ1n) is 3.90. The molecule has 2 rings (SSSR count). The molecule has 5 nitrogen and oxygen atoms in total. The van der Waals surface area contributed by atoms with Gasteiger partial charge in [0.05, 0.1) is 11.1 Å². The quantitative estimate of drug-likeness (QED) is 0.636. The number of carbonyl (C=O) groups is 2. The molecule has 72 valence electrons. The molecule has 5 heteroatoms. The summed E-state index contributed by atoms with van der Waals surface area (Å²) >= 11 is 0. The molecule has 0 fully saturated rings. The average molecular weight is 193 g/mol. The summed E-state index contributed by atoms with van der Waals surface area (Å²) in [6.07, 6.45) is 2.86. The lowest BCUT2D eigenvalue weighted by Crippen LogP contribution is -2.20. The Morgan fingerprint density at radius 1 is 1.00 bits per heavy atom. The normalized spacial score (nSPS) is 16.1. The first kappa shape index (κ1) is 8.55. The van der Waals surface area contributed by atoms with Crippen molar-refractivity contribution in [2.45, 2.75) is 0 Å². The van der Waals surface area contributed by atoms with Gasteiger partial charge >= 0.3 is 0 Å². The van der Waals surface area contributed by atoms with Crippen LogP contribution in [0.1, 0.15) is 20.7 Å². The van der Waals surface area contributed by atoms with Crippen LogP contribution < -0.4 is 0 Å². The molecule has 1 heterocycles. The number of aliphatic hydroxyl groups is 2.